The van der Waals surface area contributed by atoms with Crippen molar-refractivity contribution in [1.29, 1.82) is 0 Å². The molecule has 0 atom stereocenters. The number of ether oxygens (including phenoxy) is 3. The van der Waals surface area contributed by atoms with Crippen LogP contribution in [-0.2, 0) is 4.74 Å². The van der Waals surface area contributed by atoms with E-state index in [9.17, 15) is 0 Å². The van der Waals surface area contributed by atoms with E-state index in [-0.39, 0.29) is 0 Å². The van der Waals surface area contributed by atoms with Crippen LogP contribution in [-0.4, -0.2) is 28.1 Å². The molecular weight excluding hydrogens is 182 g/mol. The number of anilines is 1. The predicted molar refractivity (Wildman–Crippen MR) is 55.0 cm³/mol. The van der Waals surface area contributed by atoms with Crippen LogP contribution < -0.4 is 14.8 Å². The van der Waals surface area contributed by atoms with E-state index in [1.54, 1.807) is 21.3 Å². The number of rotatable bonds is 5. The molecule has 4 nitrogen and oxygen atoms in total. The summed E-state index contributed by atoms with van der Waals surface area (Å²) in [7, 11) is 4.87. The van der Waals surface area contributed by atoms with Gasteiger partial charge in [0.05, 0.1) is 19.9 Å². The lowest BCUT2D eigenvalue weighted by atomic mass is 10.3. The molecule has 0 spiro atoms. The minimum Gasteiger partial charge on any atom is -0.497 e. The van der Waals surface area contributed by atoms with Crippen molar-refractivity contribution in [2.75, 3.05) is 33.4 Å². The van der Waals surface area contributed by atoms with Crippen LogP contribution in [0.25, 0.3) is 0 Å². The maximum Gasteiger partial charge on any atom is 0.145 e. The normalized spacial score (nSPS) is 9.64. The van der Waals surface area contributed by atoms with Gasteiger partial charge in [-0.05, 0) is 12.1 Å². The third kappa shape index (κ3) is 2.53. The van der Waals surface area contributed by atoms with Crippen molar-refractivity contribution in [3.05, 3.63) is 18.2 Å². The summed E-state index contributed by atoms with van der Waals surface area (Å²) in [6.07, 6.45) is 0. The number of hydrogen-bond donors (Lipinski definition) is 1. The molecule has 4 heteroatoms. The molecule has 1 aromatic carbocycles. The molecule has 1 aromatic rings. The molecule has 0 saturated heterocycles. The maximum atomic E-state index is 5.19. The molecule has 0 bridgehead atoms. The van der Waals surface area contributed by atoms with Crippen LogP contribution in [0.1, 0.15) is 0 Å². The summed E-state index contributed by atoms with van der Waals surface area (Å²) in [6, 6.07) is 5.56. The Bertz CT molecular complexity index is 289. The first-order chi connectivity index (χ1) is 6.81. The summed E-state index contributed by atoms with van der Waals surface area (Å²) >= 11 is 0. The highest BCUT2D eigenvalue weighted by Crippen LogP contribution is 2.28. The van der Waals surface area contributed by atoms with Crippen molar-refractivity contribution in [3.8, 4) is 11.5 Å². The Morgan fingerprint density at radius 2 is 1.93 bits per heavy atom. The fourth-order valence-corrected chi connectivity index (χ4v) is 1.09. The van der Waals surface area contributed by atoms with Crippen molar-refractivity contribution < 1.29 is 14.2 Å². The van der Waals surface area contributed by atoms with E-state index in [0.29, 0.717) is 6.73 Å². The molecule has 1 N–H and O–H groups in total. The minimum absolute atomic E-state index is 0.447. The Morgan fingerprint density at radius 3 is 2.50 bits per heavy atom. The first-order valence-corrected chi connectivity index (χ1v) is 4.26. The molecule has 0 saturated carbocycles. The van der Waals surface area contributed by atoms with Crippen molar-refractivity contribution in [1.82, 2.24) is 0 Å². The molecule has 0 heterocycles. The molecule has 0 radical (unpaired) electrons. The fourth-order valence-electron chi connectivity index (χ4n) is 1.09. The second-order valence-corrected chi connectivity index (χ2v) is 2.68. The second-order valence-electron chi connectivity index (χ2n) is 2.68. The highest BCUT2D eigenvalue weighted by atomic mass is 16.5. The quantitative estimate of drug-likeness (QED) is 0.729. The Labute approximate surface area is 83.8 Å². The molecule has 78 valence electrons. The van der Waals surface area contributed by atoms with E-state index in [2.05, 4.69) is 5.32 Å². The Balaban J connectivity index is 2.82. The molecule has 0 aliphatic carbocycles. The van der Waals surface area contributed by atoms with Crippen LogP contribution in [0.2, 0.25) is 0 Å². The molecule has 14 heavy (non-hydrogen) atoms. The summed E-state index contributed by atoms with van der Waals surface area (Å²) < 4.78 is 15.2. The predicted octanol–water partition coefficient (Wildman–Crippen LogP) is 1.72. The van der Waals surface area contributed by atoms with Crippen LogP contribution >= 0.6 is 0 Å². The first-order valence-electron chi connectivity index (χ1n) is 4.26. The van der Waals surface area contributed by atoms with Gasteiger partial charge in [0, 0.05) is 13.2 Å². The topological polar surface area (TPSA) is 39.7 Å². The van der Waals surface area contributed by atoms with E-state index in [4.69, 9.17) is 14.2 Å². The highest BCUT2D eigenvalue weighted by Gasteiger charge is 2.03. The Hall–Kier alpha value is -1.42. The number of benzene rings is 1. The SMILES string of the molecule is COCNc1ccc(OC)cc1OC. The maximum absolute atomic E-state index is 5.19. The first kappa shape index (κ1) is 10.7. The minimum atomic E-state index is 0.447. The average Bonchev–Trinajstić information content (AvgIpc) is 2.26. The van der Waals surface area contributed by atoms with Gasteiger partial charge in [-0.15, -0.1) is 0 Å². The van der Waals surface area contributed by atoms with Gasteiger partial charge >= 0.3 is 0 Å². The van der Waals surface area contributed by atoms with Crippen molar-refractivity contribution in [2.24, 2.45) is 0 Å². The summed E-state index contributed by atoms with van der Waals surface area (Å²) in [4.78, 5) is 0. The smallest absolute Gasteiger partial charge is 0.145 e. The van der Waals surface area contributed by atoms with E-state index in [1.807, 2.05) is 18.2 Å². The number of hydrogen-bond acceptors (Lipinski definition) is 4. The van der Waals surface area contributed by atoms with Gasteiger partial charge in [-0.1, -0.05) is 0 Å². The van der Waals surface area contributed by atoms with E-state index in [0.717, 1.165) is 17.2 Å². The standard InChI is InChI=1S/C10H15NO3/c1-12-7-11-9-5-4-8(13-2)6-10(9)14-3/h4-6,11H,7H2,1-3H3. The van der Waals surface area contributed by atoms with E-state index in [1.165, 1.54) is 0 Å². The van der Waals surface area contributed by atoms with Crippen molar-refractivity contribution in [3.63, 3.8) is 0 Å². The van der Waals surface area contributed by atoms with Crippen LogP contribution in [0.3, 0.4) is 0 Å². The molecule has 0 amide bonds. The van der Waals surface area contributed by atoms with Gasteiger partial charge in [-0.3, -0.25) is 0 Å². The van der Waals surface area contributed by atoms with Gasteiger partial charge in [0.2, 0.25) is 0 Å². The van der Waals surface area contributed by atoms with Crippen LogP contribution in [0, 0.1) is 0 Å². The summed E-state index contributed by atoms with van der Waals surface area (Å²) in [5.74, 6) is 1.51. The Morgan fingerprint density at radius 1 is 1.14 bits per heavy atom. The zero-order chi connectivity index (χ0) is 10.4. The van der Waals surface area contributed by atoms with Crippen LogP contribution in [0.4, 0.5) is 5.69 Å². The summed E-state index contributed by atoms with van der Waals surface area (Å²) in [5, 5.41) is 3.06. The molecular formula is C10H15NO3. The van der Waals surface area contributed by atoms with Crippen LogP contribution in [0.15, 0.2) is 18.2 Å². The molecule has 1 rings (SSSR count). The molecule has 0 fully saturated rings. The molecule has 0 aliphatic rings. The van der Waals surface area contributed by atoms with Gasteiger partial charge in [-0.25, -0.2) is 0 Å². The van der Waals surface area contributed by atoms with Gasteiger partial charge in [-0.2, -0.15) is 0 Å². The lowest BCUT2D eigenvalue weighted by Gasteiger charge is -2.11. The zero-order valence-corrected chi connectivity index (χ0v) is 8.66. The lowest BCUT2D eigenvalue weighted by molar-refractivity contribution is 0.221. The molecule has 0 unspecified atom stereocenters. The van der Waals surface area contributed by atoms with Gasteiger partial charge in [0.1, 0.15) is 18.2 Å². The van der Waals surface area contributed by atoms with E-state index >= 15 is 0 Å². The van der Waals surface area contributed by atoms with E-state index < -0.39 is 0 Å². The summed E-state index contributed by atoms with van der Waals surface area (Å²) in [6.45, 7) is 0.447. The highest BCUT2D eigenvalue weighted by molar-refractivity contribution is 5.58. The lowest BCUT2D eigenvalue weighted by Crippen LogP contribution is -2.04. The van der Waals surface area contributed by atoms with Gasteiger partial charge in [0.25, 0.3) is 0 Å². The van der Waals surface area contributed by atoms with Crippen molar-refractivity contribution >= 4 is 5.69 Å². The Kier molecular flexibility index (Phi) is 4.07. The van der Waals surface area contributed by atoms with Gasteiger partial charge in [0.15, 0.2) is 0 Å². The largest absolute Gasteiger partial charge is 0.497 e. The van der Waals surface area contributed by atoms with Gasteiger partial charge < -0.3 is 19.5 Å². The summed E-state index contributed by atoms with van der Waals surface area (Å²) in [5.41, 5.74) is 0.884. The molecule has 0 aromatic heterocycles. The third-order valence-electron chi connectivity index (χ3n) is 1.82. The van der Waals surface area contributed by atoms with Crippen LogP contribution in [0.5, 0.6) is 11.5 Å². The second kappa shape index (κ2) is 5.34. The number of nitrogens with one attached hydrogen (secondary N) is 1. The zero-order valence-electron chi connectivity index (χ0n) is 8.66. The fraction of sp³-hybridized carbons (Fsp3) is 0.400. The number of methoxy groups -OCH3 is 3. The monoisotopic (exact) mass is 197 g/mol. The average molecular weight is 197 g/mol. The third-order valence-corrected chi connectivity index (χ3v) is 1.82. The molecule has 0 aliphatic heterocycles. The van der Waals surface area contributed by atoms with Crippen molar-refractivity contribution in [2.45, 2.75) is 0 Å².